The molecule has 0 aliphatic carbocycles. The highest BCUT2D eigenvalue weighted by Gasteiger charge is 2.13. The third kappa shape index (κ3) is 8.18. The molecule has 152 valence electrons. The van der Waals surface area contributed by atoms with Crippen LogP contribution in [-0.2, 0) is 11.3 Å². The van der Waals surface area contributed by atoms with Crippen LogP contribution >= 0.6 is 35.3 Å². The van der Waals surface area contributed by atoms with Gasteiger partial charge in [-0.15, -0.1) is 35.3 Å². The molecule has 1 atom stereocenters. The topological polar surface area (TPSA) is 71.7 Å². The van der Waals surface area contributed by atoms with E-state index in [1.165, 1.54) is 0 Å². The molecule has 0 saturated carbocycles. The Hall–Kier alpha value is -1.13. The van der Waals surface area contributed by atoms with Gasteiger partial charge in [0.1, 0.15) is 12.0 Å². The quantitative estimate of drug-likeness (QED) is 0.282. The van der Waals surface area contributed by atoms with Crippen molar-refractivity contribution in [1.29, 1.82) is 0 Å². The van der Waals surface area contributed by atoms with Crippen molar-refractivity contribution in [3.63, 3.8) is 0 Å². The molecule has 2 N–H and O–H groups in total. The fourth-order valence-electron chi connectivity index (χ4n) is 2.55. The lowest BCUT2D eigenvalue weighted by atomic mass is 10.0. The highest BCUT2D eigenvalue weighted by atomic mass is 127. The Balaban J connectivity index is 0.00000364. The lowest BCUT2D eigenvalue weighted by Gasteiger charge is -2.21. The molecular formula is C19H31IN4O2S. The molecule has 0 fully saturated rings. The summed E-state index contributed by atoms with van der Waals surface area (Å²) in [4.78, 5) is 10.1. The molecule has 27 heavy (non-hydrogen) atoms. The first kappa shape index (κ1) is 23.9. The van der Waals surface area contributed by atoms with Crippen molar-refractivity contribution in [2.75, 3.05) is 19.7 Å². The van der Waals surface area contributed by atoms with Gasteiger partial charge in [-0.3, -0.25) is 0 Å². The first-order valence-electron chi connectivity index (χ1n) is 9.26. The van der Waals surface area contributed by atoms with Crippen LogP contribution in [0.4, 0.5) is 0 Å². The van der Waals surface area contributed by atoms with Crippen LogP contribution in [0.1, 0.15) is 39.8 Å². The van der Waals surface area contributed by atoms with Crippen LogP contribution in [0.2, 0.25) is 0 Å². The molecule has 2 aromatic heterocycles. The Morgan fingerprint density at radius 2 is 2.15 bits per heavy atom. The Kier molecular flexibility index (Phi) is 11.6. The van der Waals surface area contributed by atoms with Crippen LogP contribution in [0.3, 0.4) is 0 Å². The van der Waals surface area contributed by atoms with Crippen LogP contribution in [0.5, 0.6) is 0 Å². The number of rotatable bonds is 10. The zero-order valence-electron chi connectivity index (χ0n) is 16.5. The largest absolute Gasteiger partial charge is 0.443 e. The summed E-state index contributed by atoms with van der Waals surface area (Å²) in [5.74, 6) is 1.94. The second-order valence-corrected chi connectivity index (χ2v) is 7.22. The lowest BCUT2D eigenvalue weighted by Crippen LogP contribution is -2.39. The lowest BCUT2D eigenvalue weighted by molar-refractivity contribution is 0.0258. The third-order valence-corrected chi connectivity index (χ3v) is 4.73. The summed E-state index contributed by atoms with van der Waals surface area (Å²) in [6.07, 6.45) is 2.88. The molecule has 8 heteroatoms. The van der Waals surface area contributed by atoms with E-state index in [0.717, 1.165) is 42.6 Å². The number of thiophene rings is 1. The molecule has 0 aliphatic rings. The minimum Gasteiger partial charge on any atom is -0.443 e. The maximum Gasteiger partial charge on any atom is 0.236 e. The summed E-state index contributed by atoms with van der Waals surface area (Å²) < 4.78 is 11.3. The van der Waals surface area contributed by atoms with Crippen molar-refractivity contribution < 1.29 is 9.15 Å². The van der Waals surface area contributed by atoms with Gasteiger partial charge in [-0.05, 0) is 37.6 Å². The number of nitrogens with one attached hydrogen (secondary N) is 2. The molecule has 0 bridgehead atoms. The van der Waals surface area contributed by atoms with Crippen molar-refractivity contribution >= 4 is 41.3 Å². The van der Waals surface area contributed by atoms with Gasteiger partial charge in [0.2, 0.25) is 5.89 Å². The van der Waals surface area contributed by atoms with Gasteiger partial charge in [0.25, 0.3) is 0 Å². The predicted octanol–water partition coefficient (Wildman–Crippen LogP) is 4.53. The Morgan fingerprint density at radius 3 is 2.78 bits per heavy atom. The van der Waals surface area contributed by atoms with E-state index in [1.807, 2.05) is 24.4 Å². The normalized spacial score (nSPS) is 12.7. The summed E-state index contributed by atoms with van der Waals surface area (Å²) in [7, 11) is 0. The van der Waals surface area contributed by atoms with E-state index in [-0.39, 0.29) is 30.1 Å². The van der Waals surface area contributed by atoms with Gasteiger partial charge >= 0.3 is 0 Å². The second kappa shape index (κ2) is 13.1. The average Bonchev–Trinajstić information content (AvgIpc) is 3.29. The number of aromatic nitrogens is 1. The van der Waals surface area contributed by atoms with E-state index in [1.54, 1.807) is 17.6 Å². The Labute approximate surface area is 183 Å². The highest BCUT2D eigenvalue weighted by Crippen LogP contribution is 2.23. The SMILES string of the molecule is CCNC(=NCc1coc(-c2cccs2)n1)NCCC(OCC)C(C)C.I. The van der Waals surface area contributed by atoms with Crippen LogP contribution in [-0.4, -0.2) is 36.7 Å². The molecule has 0 aromatic carbocycles. The van der Waals surface area contributed by atoms with Crippen molar-refractivity contribution in [3.8, 4) is 10.8 Å². The van der Waals surface area contributed by atoms with Gasteiger partial charge in [-0.1, -0.05) is 19.9 Å². The van der Waals surface area contributed by atoms with E-state index in [0.29, 0.717) is 18.4 Å². The molecule has 2 rings (SSSR count). The summed E-state index contributed by atoms with van der Waals surface area (Å²) >= 11 is 1.61. The van der Waals surface area contributed by atoms with Gasteiger partial charge in [0.15, 0.2) is 5.96 Å². The molecule has 2 heterocycles. The van der Waals surface area contributed by atoms with Gasteiger partial charge in [0, 0.05) is 19.7 Å². The maximum atomic E-state index is 5.79. The van der Waals surface area contributed by atoms with Crippen molar-refractivity contribution in [2.24, 2.45) is 10.9 Å². The summed E-state index contributed by atoms with van der Waals surface area (Å²) in [5.41, 5.74) is 0.819. The summed E-state index contributed by atoms with van der Waals surface area (Å²) in [6, 6.07) is 3.99. The highest BCUT2D eigenvalue weighted by molar-refractivity contribution is 14.0. The molecule has 0 radical (unpaired) electrons. The zero-order valence-corrected chi connectivity index (χ0v) is 19.7. The minimum absolute atomic E-state index is 0. The van der Waals surface area contributed by atoms with Crippen molar-refractivity contribution in [1.82, 2.24) is 15.6 Å². The molecule has 0 spiro atoms. The number of aliphatic imine (C=N–C) groups is 1. The van der Waals surface area contributed by atoms with E-state index in [4.69, 9.17) is 9.15 Å². The maximum absolute atomic E-state index is 5.79. The fourth-order valence-corrected chi connectivity index (χ4v) is 3.21. The third-order valence-electron chi connectivity index (χ3n) is 3.87. The standard InChI is InChI=1S/C19H30N4O2S.HI/c1-5-20-19(21-10-9-16(14(3)4)24-6-2)22-12-15-13-25-18(23-15)17-8-7-11-26-17;/h7-8,11,13-14,16H,5-6,9-10,12H2,1-4H3,(H2,20,21,22);1H. The van der Waals surface area contributed by atoms with Crippen molar-refractivity contribution in [3.05, 3.63) is 29.5 Å². The van der Waals surface area contributed by atoms with Gasteiger partial charge < -0.3 is 19.8 Å². The first-order chi connectivity index (χ1) is 12.6. The first-order valence-corrected chi connectivity index (χ1v) is 10.1. The van der Waals surface area contributed by atoms with Crippen LogP contribution in [0.15, 0.2) is 33.2 Å². The zero-order chi connectivity index (χ0) is 18.8. The molecule has 0 saturated heterocycles. The van der Waals surface area contributed by atoms with E-state index >= 15 is 0 Å². The number of ether oxygens (including phenoxy) is 1. The van der Waals surface area contributed by atoms with Crippen LogP contribution < -0.4 is 10.6 Å². The van der Waals surface area contributed by atoms with Gasteiger partial charge in [-0.25, -0.2) is 9.98 Å². The number of hydrogen-bond donors (Lipinski definition) is 2. The number of guanidine groups is 1. The molecule has 6 nitrogen and oxygen atoms in total. The van der Waals surface area contributed by atoms with Crippen LogP contribution in [0.25, 0.3) is 10.8 Å². The van der Waals surface area contributed by atoms with Crippen LogP contribution in [0, 0.1) is 5.92 Å². The Bertz CT molecular complexity index is 658. The number of oxazole rings is 1. The minimum atomic E-state index is 0. The van der Waals surface area contributed by atoms with Gasteiger partial charge in [-0.2, -0.15) is 0 Å². The molecule has 0 amide bonds. The predicted molar refractivity (Wildman–Crippen MR) is 123 cm³/mol. The Morgan fingerprint density at radius 1 is 1.33 bits per heavy atom. The van der Waals surface area contributed by atoms with E-state index < -0.39 is 0 Å². The molecule has 0 aliphatic heterocycles. The number of nitrogens with zero attached hydrogens (tertiary/aromatic N) is 2. The van der Waals surface area contributed by atoms with E-state index in [9.17, 15) is 0 Å². The fraction of sp³-hybridized carbons (Fsp3) is 0.579. The van der Waals surface area contributed by atoms with Gasteiger partial charge in [0.05, 0.1) is 17.5 Å². The number of hydrogen-bond acceptors (Lipinski definition) is 5. The molecule has 2 aromatic rings. The average molecular weight is 506 g/mol. The molecule has 1 unspecified atom stereocenters. The number of halogens is 1. The summed E-state index contributed by atoms with van der Waals surface area (Å²) in [5, 5.41) is 8.65. The second-order valence-electron chi connectivity index (χ2n) is 6.27. The summed E-state index contributed by atoms with van der Waals surface area (Å²) in [6.45, 7) is 11.3. The van der Waals surface area contributed by atoms with E-state index in [2.05, 4.69) is 41.4 Å². The molecular weight excluding hydrogens is 475 g/mol. The smallest absolute Gasteiger partial charge is 0.236 e. The van der Waals surface area contributed by atoms with Crippen molar-refractivity contribution in [2.45, 2.75) is 46.8 Å². The monoisotopic (exact) mass is 506 g/mol.